The average Bonchev–Trinajstić information content (AvgIpc) is 2.31. The fraction of sp³-hybridized carbons (Fsp3) is 1.00. The summed E-state index contributed by atoms with van der Waals surface area (Å²) in [5, 5.41) is 0. The van der Waals surface area contributed by atoms with Crippen LogP contribution in [-0.4, -0.2) is 39.3 Å². The van der Waals surface area contributed by atoms with E-state index in [0.29, 0.717) is 12.4 Å². The Morgan fingerprint density at radius 2 is 1.83 bits per heavy atom. The maximum Gasteiger partial charge on any atom is 0.213 e. The van der Waals surface area contributed by atoms with Crippen molar-refractivity contribution < 1.29 is 13.2 Å². The molecule has 0 aromatic heterocycles. The van der Waals surface area contributed by atoms with Crippen molar-refractivity contribution in [2.24, 2.45) is 5.41 Å². The van der Waals surface area contributed by atoms with E-state index in [9.17, 15) is 8.42 Å². The van der Waals surface area contributed by atoms with Crippen molar-refractivity contribution in [3.05, 3.63) is 0 Å². The van der Waals surface area contributed by atoms with E-state index in [1.807, 2.05) is 27.7 Å². The van der Waals surface area contributed by atoms with Gasteiger partial charge in [0, 0.05) is 12.4 Å². The van der Waals surface area contributed by atoms with Crippen molar-refractivity contribution in [1.82, 2.24) is 4.72 Å². The summed E-state index contributed by atoms with van der Waals surface area (Å²) in [4.78, 5) is 0. The van der Waals surface area contributed by atoms with Crippen molar-refractivity contribution in [2.45, 2.75) is 46.6 Å². The predicted molar refractivity (Wildman–Crippen MR) is 76.6 cm³/mol. The molecular formula is C12H26ClNO3S. The number of ether oxygens (including phenoxy) is 1. The summed E-state index contributed by atoms with van der Waals surface area (Å²) in [6, 6.07) is 0. The molecule has 0 aromatic rings. The van der Waals surface area contributed by atoms with Gasteiger partial charge in [-0.15, -0.1) is 11.6 Å². The van der Waals surface area contributed by atoms with E-state index >= 15 is 0 Å². The molecule has 4 nitrogen and oxygen atoms in total. The van der Waals surface area contributed by atoms with E-state index in [1.54, 1.807) is 0 Å². The van der Waals surface area contributed by atoms with Gasteiger partial charge in [-0.25, -0.2) is 13.1 Å². The van der Waals surface area contributed by atoms with Gasteiger partial charge < -0.3 is 4.74 Å². The molecule has 110 valence electrons. The Kier molecular flexibility index (Phi) is 8.43. The molecule has 0 radical (unpaired) electrons. The number of rotatable bonds is 10. The fourth-order valence-electron chi connectivity index (χ4n) is 1.46. The van der Waals surface area contributed by atoms with Gasteiger partial charge in [-0.05, 0) is 32.1 Å². The Bertz CT molecular complexity index is 305. The molecule has 18 heavy (non-hydrogen) atoms. The van der Waals surface area contributed by atoms with Gasteiger partial charge in [-0.2, -0.15) is 0 Å². The number of halogens is 1. The molecule has 0 aliphatic heterocycles. The molecule has 0 bridgehead atoms. The molecule has 0 spiro atoms. The molecule has 0 heterocycles. The van der Waals surface area contributed by atoms with Gasteiger partial charge in [0.15, 0.2) is 0 Å². The molecular weight excluding hydrogens is 274 g/mol. The highest BCUT2D eigenvalue weighted by atomic mass is 35.5. The molecule has 0 fully saturated rings. The minimum Gasteiger partial charge on any atom is -0.378 e. The zero-order valence-electron chi connectivity index (χ0n) is 11.8. The zero-order valence-corrected chi connectivity index (χ0v) is 13.4. The third kappa shape index (κ3) is 6.92. The molecule has 0 aromatic carbocycles. The first-order valence-electron chi connectivity index (χ1n) is 6.45. The maximum atomic E-state index is 11.8. The molecule has 0 rings (SSSR count). The third-order valence-corrected chi connectivity index (χ3v) is 5.11. The van der Waals surface area contributed by atoms with Crippen LogP contribution in [0.5, 0.6) is 0 Å². The van der Waals surface area contributed by atoms with Gasteiger partial charge in [0.2, 0.25) is 10.0 Å². The summed E-state index contributed by atoms with van der Waals surface area (Å²) >= 11 is 5.94. The minimum absolute atomic E-state index is 0.00300. The van der Waals surface area contributed by atoms with Crippen LogP contribution in [-0.2, 0) is 14.8 Å². The largest absolute Gasteiger partial charge is 0.378 e. The van der Waals surface area contributed by atoms with Crippen LogP contribution < -0.4 is 4.72 Å². The molecule has 0 unspecified atom stereocenters. The van der Waals surface area contributed by atoms with Gasteiger partial charge in [-0.1, -0.05) is 13.8 Å². The highest BCUT2D eigenvalue weighted by Crippen LogP contribution is 2.27. The first kappa shape index (κ1) is 18.2. The lowest BCUT2D eigenvalue weighted by Crippen LogP contribution is -2.39. The van der Waals surface area contributed by atoms with Crippen molar-refractivity contribution in [3.63, 3.8) is 0 Å². The van der Waals surface area contributed by atoms with Gasteiger partial charge in [0.25, 0.3) is 0 Å². The Balaban J connectivity index is 4.24. The number of hydrogen-bond donors (Lipinski definition) is 1. The highest BCUT2D eigenvalue weighted by Gasteiger charge is 2.27. The molecule has 0 saturated heterocycles. The molecule has 0 aliphatic carbocycles. The second-order valence-electron chi connectivity index (χ2n) is 4.90. The number of nitrogens with one attached hydrogen (secondary N) is 1. The molecule has 0 aliphatic rings. The van der Waals surface area contributed by atoms with Gasteiger partial charge >= 0.3 is 0 Å². The highest BCUT2D eigenvalue weighted by molar-refractivity contribution is 7.89. The van der Waals surface area contributed by atoms with Crippen molar-refractivity contribution in [3.8, 4) is 0 Å². The van der Waals surface area contributed by atoms with E-state index in [4.69, 9.17) is 16.3 Å². The van der Waals surface area contributed by atoms with Crippen LogP contribution >= 0.6 is 11.6 Å². The lowest BCUT2D eigenvalue weighted by molar-refractivity contribution is 0.0911. The molecule has 1 N–H and O–H groups in total. The quantitative estimate of drug-likeness (QED) is 0.630. The summed E-state index contributed by atoms with van der Waals surface area (Å²) in [6.45, 7) is 8.44. The van der Waals surface area contributed by atoms with Gasteiger partial charge in [0.05, 0.1) is 18.5 Å². The smallest absolute Gasteiger partial charge is 0.213 e. The Hall–Kier alpha value is 0.160. The summed E-state index contributed by atoms with van der Waals surface area (Å²) in [7, 11) is -3.27. The monoisotopic (exact) mass is 299 g/mol. The SMILES string of the molecule is CCC(CC)(CCl)CNS(=O)(=O)CCOC(C)C. The topological polar surface area (TPSA) is 55.4 Å². The summed E-state index contributed by atoms with van der Waals surface area (Å²) in [5.74, 6) is 0.460. The van der Waals surface area contributed by atoms with Crippen LogP contribution in [0.4, 0.5) is 0 Å². The Morgan fingerprint density at radius 3 is 2.22 bits per heavy atom. The summed E-state index contributed by atoms with van der Waals surface area (Å²) in [5.41, 5.74) is -0.145. The number of alkyl halides is 1. The van der Waals surface area contributed by atoms with Crippen LogP contribution in [0.2, 0.25) is 0 Å². The average molecular weight is 300 g/mol. The lowest BCUT2D eigenvalue weighted by atomic mass is 9.85. The molecule has 0 amide bonds. The lowest BCUT2D eigenvalue weighted by Gasteiger charge is -2.29. The minimum atomic E-state index is -3.27. The van der Waals surface area contributed by atoms with Crippen molar-refractivity contribution in [2.75, 3.05) is 24.8 Å². The van der Waals surface area contributed by atoms with E-state index in [-0.39, 0.29) is 23.9 Å². The standard InChI is InChI=1S/C12H26ClNO3S/c1-5-12(6-2,9-13)10-14-18(15,16)8-7-17-11(3)4/h11,14H,5-10H2,1-4H3. The number of sulfonamides is 1. The predicted octanol–water partition coefficient (Wildman–Crippen LogP) is 2.38. The molecule has 6 heteroatoms. The maximum absolute atomic E-state index is 11.8. The second kappa shape index (κ2) is 8.35. The molecule has 0 atom stereocenters. The van der Waals surface area contributed by atoms with Crippen LogP contribution in [0.3, 0.4) is 0 Å². The Labute approximate surface area is 116 Å². The van der Waals surface area contributed by atoms with Crippen molar-refractivity contribution >= 4 is 21.6 Å². The van der Waals surface area contributed by atoms with Crippen LogP contribution in [0, 0.1) is 5.41 Å². The summed E-state index contributed by atoms with van der Waals surface area (Å²) < 4.78 is 31.4. The first-order chi connectivity index (χ1) is 8.31. The third-order valence-electron chi connectivity index (χ3n) is 3.25. The van der Waals surface area contributed by atoms with Crippen LogP contribution in [0.1, 0.15) is 40.5 Å². The second-order valence-corrected chi connectivity index (χ2v) is 7.09. The van der Waals surface area contributed by atoms with Gasteiger partial charge in [0.1, 0.15) is 0 Å². The fourth-order valence-corrected chi connectivity index (χ4v) is 2.92. The van der Waals surface area contributed by atoms with Crippen LogP contribution in [0.25, 0.3) is 0 Å². The summed E-state index contributed by atoms with van der Waals surface area (Å²) in [6.07, 6.45) is 1.77. The van der Waals surface area contributed by atoms with E-state index < -0.39 is 10.0 Å². The normalized spacial score (nSPS) is 13.2. The van der Waals surface area contributed by atoms with Crippen LogP contribution in [0.15, 0.2) is 0 Å². The van der Waals surface area contributed by atoms with E-state index in [0.717, 1.165) is 12.8 Å². The molecule has 0 saturated carbocycles. The zero-order chi connectivity index (χ0) is 14.2. The van der Waals surface area contributed by atoms with E-state index in [2.05, 4.69) is 4.72 Å². The van der Waals surface area contributed by atoms with Crippen molar-refractivity contribution in [1.29, 1.82) is 0 Å². The first-order valence-corrected chi connectivity index (χ1v) is 8.64. The van der Waals surface area contributed by atoms with Gasteiger partial charge in [-0.3, -0.25) is 0 Å². The Morgan fingerprint density at radius 1 is 1.28 bits per heavy atom. The van der Waals surface area contributed by atoms with E-state index in [1.165, 1.54) is 0 Å². The number of hydrogen-bond acceptors (Lipinski definition) is 3.